The topological polar surface area (TPSA) is 41.6 Å². The van der Waals surface area contributed by atoms with Gasteiger partial charge < -0.3 is 10.1 Å². The van der Waals surface area contributed by atoms with Crippen LogP contribution in [0.2, 0.25) is 0 Å². The van der Waals surface area contributed by atoms with Crippen molar-refractivity contribution >= 4 is 5.97 Å². The second kappa shape index (κ2) is 8.71. The lowest BCUT2D eigenvalue weighted by molar-refractivity contribution is -0.146. The third kappa shape index (κ3) is 4.34. The predicted molar refractivity (Wildman–Crippen MR) is 123 cm³/mol. The zero-order valence-electron chi connectivity index (χ0n) is 19.0. The molecule has 1 N–H and O–H groups in total. The Bertz CT molecular complexity index is 801. The maximum Gasteiger partial charge on any atom is 0.310 e. The number of carbonyl (C=O) groups excluding carboxylic acids is 1. The molecule has 0 radical (unpaired) electrons. The minimum Gasteiger partial charge on any atom is -0.462 e. The molecule has 2 aliphatic heterocycles. The average Bonchev–Trinajstić information content (AvgIpc) is 3.06. The van der Waals surface area contributed by atoms with Crippen LogP contribution in [-0.2, 0) is 16.1 Å². The number of rotatable bonds is 5. The fourth-order valence-electron chi connectivity index (χ4n) is 6.92. The molecule has 0 amide bonds. The van der Waals surface area contributed by atoms with E-state index in [0.29, 0.717) is 17.9 Å². The second-order valence-corrected chi connectivity index (χ2v) is 10.8. The highest BCUT2D eigenvalue weighted by molar-refractivity contribution is 5.75. The van der Waals surface area contributed by atoms with Gasteiger partial charge in [-0.2, -0.15) is 0 Å². The molecular weight excluding hydrogens is 384 g/mol. The fourth-order valence-corrected chi connectivity index (χ4v) is 6.92. The highest BCUT2D eigenvalue weighted by Gasteiger charge is 2.55. The van der Waals surface area contributed by atoms with Crippen molar-refractivity contribution in [2.24, 2.45) is 23.2 Å². The molecule has 2 aliphatic carbocycles. The van der Waals surface area contributed by atoms with Crippen molar-refractivity contribution in [3.8, 4) is 0 Å². The zero-order chi connectivity index (χ0) is 21.4. The Morgan fingerprint density at radius 3 is 2.77 bits per heavy atom. The molecule has 5 unspecified atom stereocenters. The normalized spacial score (nSPS) is 36.7. The molecule has 0 aromatic heterocycles. The number of allylic oxidation sites excluding steroid dienone is 1. The van der Waals surface area contributed by atoms with Crippen LogP contribution in [-0.4, -0.2) is 42.6 Å². The van der Waals surface area contributed by atoms with Crippen molar-refractivity contribution in [2.75, 3.05) is 19.6 Å². The molecule has 4 nitrogen and oxygen atoms in total. The minimum atomic E-state index is 0.0200. The number of likely N-dealkylation sites (tertiary alicyclic amines) is 1. The molecule has 2 heterocycles. The summed E-state index contributed by atoms with van der Waals surface area (Å²) in [7, 11) is 0. The van der Waals surface area contributed by atoms with E-state index in [4.69, 9.17) is 4.74 Å². The lowest BCUT2D eigenvalue weighted by Gasteiger charge is -2.50. The summed E-state index contributed by atoms with van der Waals surface area (Å²) in [4.78, 5) is 15.3. The molecule has 168 valence electrons. The maximum atomic E-state index is 12.8. The van der Waals surface area contributed by atoms with Gasteiger partial charge in [-0.1, -0.05) is 49.4 Å². The number of ether oxygens (including phenoxy) is 1. The Balaban J connectivity index is 1.13. The summed E-state index contributed by atoms with van der Waals surface area (Å²) in [5, 5.41) is 3.75. The molecule has 5 rings (SSSR count). The van der Waals surface area contributed by atoms with Gasteiger partial charge in [-0.3, -0.25) is 9.69 Å². The van der Waals surface area contributed by atoms with E-state index < -0.39 is 0 Å². The van der Waals surface area contributed by atoms with Gasteiger partial charge in [-0.05, 0) is 74.9 Å². The maximum absolute atomic E-state index is 12.8. The van der Waals surface area contributed by atoms with E-state index in [1.807, 2.05) is 0 Å². The van der Waals surface area contributed by atoms with Crippen molar-refractivity contribution in [3.05, 3.63) is 48.0 Å². The van der Waals surface area contributed by atoms with E-state index in [0.717, 1.165) is 58.3 Å². The van der Waals surface area contributed by atoms with Crippen molar-refractivity contribution in [2.45, 2.75) is 70.6 Å². The van der Waals surface area contributed by atoms with Crippen LogP contribution in [0.4, 0.5) is 0 Å². The zero-order valence-corrected chi connectivity index (χ0v) is 19.0. The number of nitrogens with one attached hydrogen (secondary N) is 1. The molecule has 0 spiro atoms. The first-order chi connectivity index (χ1) is 15.0. The van der Waals surface area contributed by atoms with Crippen LogP contribution in [0.3, 0.4) is 0 Å². The lowest BCUT2D eigenvalue weighted by atomic mass is 9.55. The van der Waals surface area contributed by atoms with E-state index in [-0.39, 0.29) is 23.4 Å². The third-order valence-electron chi connectivity index (χ3n) is 8.78. The predicted octanol–water partition coefficient (Wildman–Crippen LogP) is 4.55. The molecule has 31 heavy (non-hydrogen) atoms. The van der Waals surface area contributed by atoms with Crippen LogP contribution in [0, 0.1) is 23.2 Å². The quantitative estimate of drug-likeness (QED) is 0.558. The first-order valence-electron chi connectivity index (χ1n) is 12.4. The molecule has 5 atom stereocenters. The number of piperidine rings is 1. The van der Waals surface area contributed by atoms with Crippen molar-refractivity contribution in [3.63, 3.8) is 0 Å². The number of hydrogen-bond donors (Lipinski definition) is 1. The highest BCUT2D eigenvalue weighted by atomic mass is 16.6. The van der Waals surface area contributed by atoms with Gasteiger partial charge in [0.15, 0.2) is 0 Å². The second-order valence-electron chi connectivity index (χ2n) is 10.8. The molecular formula is C27H38N2O2. The fraction of sp³-hybridized carbons (Fsp3) is 0.667. The summed E-state index contributed by atoms with van der Waals surface area (Å²) in [6.45, 7) is 10.9. The van der Waals surface area contributed by atoms with Gasteiger partial charge in [-0.25, -0.2) is 0 Å². The summed E-state index contributed by atoms with van der Waals surface area (Å²) in [6.07, 6.45) is 8.21. The van der Waals surface area contributed by atoms with E-state index in [1.165, 1.54) is 24.0 Å². The van der Waals surface area contributed by atoms with Gasteiger partial charge >= 0.3 is 5.97 Å². The summed E-state index contributed by atoms with van der Waals surface area (Å²) in [5.41, 5.74) is 3.09. The summed E-state index contributed by atoms with van der Waals surface area (Å²) in [6, 6.07) is 11.3. The Labute approximate surface area is 187 Å². The first kappa shape index (κ1) is 21.2. The Hall–Kier alpha value is -1.65. The van der Waals surface area contributed by atoms with Crippen LogP contribution in [0.5, 0.6) is 0 Å². The smallest absolute Gasteiger partial charge is 0.310 e. The molecule has 4 heteroatoms. The van der Waals surface area contributed by atoms with E-state index in [9.17, 15) is 4.79 Å². The lowest BCUT2D eigenvalue weighted by Crippen LogP contribution is -2.47. The van der Waals surface area contributed by atoms with Gasteiger partial charge in [0.05, 0.1) is 5.92 Å². The summed E-state index contributed by atoms with van der Waals surface area (Å²) < 4.78 is 5.93. The van der Waals surface area contributed by atoms with Crippen molar-refractivity contribution < 1.29 is 9.53 Å². The van der Waals surface area contributed by atoms with Crippen molar-refractivity contribution in [1.29, 1.82) is 0 Å². The molecule has 4 fully saturated rings. The number of hydrogen-bond acceptors (Lipinski definition) is 4. The average molecular weight is 423 g/mol. The van der Waals surface area contributed by atoms with Crippen molar-refractivity contribution in [1.82, 2.24) is 10.2 Å². The molecule has 4 aliphatic rings. The Kier molecular flexibility index (Phi) is 5.96. The first-order valence-corrected chi connectivity index (χ1v) is 12.4. The highest BCUT2D eigenvalue weighted by Crippen LogP contribution is 2.56. The van der Waals surface area contributed by atoms with Crippen LogP contribution in [0.15, 0.2) is 42.5 Å². The molecule has 1 aromatic carbocycles. The minimum absolute atomic E-state index is 0.0200. The standard InChI is InChI=1S/C27H38N2O2/c1-19-7-6-12-27(2)16-25-22(15-24(19)27)23(26(30)31-25)17-28-21-10-13-29(14-11-21)18-20-8-4-3-5-9-20/h3-5,8-9,21-25,28H,1,6-7,10-18H2,2H3. The SMILES string of the molecule is C=C1CCCC2(C)CC3OC(=O)C(CNC4CCN(Cc5ccccc5)CC4)C3CC12. The Morgan fingerprint density at radius 1 is 1.23 bits per heavy atom. The number of nitrogens with zero attached hydrogens (tertiary/aromatic N) is 1. The van der Waals surface area contributed by atoms with Gasteiger partial charge in [0, 0.05) is 25.0 Å². The van der Waals surface area contributed by atoms with Gasteiger partial charge in [0.1, 0.15) is 6.10 Å². The third-order valence-corrected chi connectivity index (χ3v) is 8.78. The van der Waals surface area contributed by atoms with E-state index in [2.05, 4.69) is 54.1 Å². The van der Waals surface area contributed by atoms with Gasteiger partial charge in [-0.15, -0.1) is 0 Å². The van der Waals surface area contributed by atoms with Gasteiger partial charge in [0.2, 0.25) is 0 Å². The largest absolute Gasteiger partial charge is 0.462 e. The van der Waals surface area contributed by atoms with Crippen LogP contribution in [0.25, 0.3) is 0 Å². The molecule has 0 bridgehead atoms. The molecule has 2 saturated heterocycles. The Morgan fingerprint density at radius 2 is 2.00 bits per heavy atom. The monoisotopic (exact) mass is 422 g/mol. The van der Waals surface area contributed by atoms with Gasteiger partial charge in [0.25, 0.3) is 0 Å². The molecule has 2 saturated carbocycles. The van der Waals surface area contributed by atoms with Crippen LogP contribution < -0.4 is 5.32 Å². The number of esters is 1. The number of carbonyl (C=O) groups is 1. The summed E-state index contributed by atoms with van der Waals surface area (Å²) >= 11 is 0. The van der Waals surface area contributed by atoms with E-state index >= 15 is 0 Å². The number of fused-ring (bicyclic) bond motifs is 2. The summed E-state index contributed by atoms with van der Waals surface area (Å²) in [5.74, 6) is 0.996. The number of benzene rings is 1. The molecule has 1 aromatic rings. The van der Waals surface area contributed by atoms with Crippen LogP contribution >= 0.6 is 0 Å². The van der Waals surface area contributed by atoms with Crippen LogP contribution in [0.1, 0.15) is 57.4 Å². The van der Waals surface area contributed by atoms with E-state index in [1.54, 1.807) is 0 Å².